The third-order valence-corrected chi connectivity index (χ3v) is 5.56. The maximum absolute atomic E-state index is 4.82. The molecule has 0 saturated carbocycles. The van der Waals surface area contributed by atoms with Gasteiger partial charge in [-0.25, -0.2) is 0 Å². The number of rotatable bonds is 3. The summed E-state index contributed by atoms with van der Waals surface area (Å²) in [5, 5.41) is 14.6. The second-order valence-electron chi connectivity index (χ2n) is 7.55. The van der Waals surface area contributed by atoms with Crippen molar-refractivity contribution in [1.29, 1.82) is 0 Å². The van der Waals surface area contributed by atoms with Crippen LogP contribution in [0.4, 0.5) is 0 Å². The Morgan fingerprint density at radius 1 is 1.00 bits per heavy atom. The Bertz CT molecular complexity index is 1390. The fourth-order valence-corrected chi connectivity index (χ4v) is 4.01. The molecule has 144 valence electrons. The van der Waals surface area contributed by atoms with Gasteiger partial charge in [-0.05, 0) is 35.9 Å². The van der Waals surface area contributed by atoms with E-state index in [-0.39, 0.29) is 6.04 Å². The van der Waals surface area contributed by atoms with Crippen LogP contribution in [-0.4, -0.2) is 37.1 Å². The first-order valence-electron chi connectivity index (χ1n) is 9.99. The number of hydrogen-bond acceptors (Lipinski definition) is 5. The van der Waals surface area contributed by atoms with E-state index < -0.39 is 0 Å². The van der Waals surface area contributed by atoms with Gasteiger partial charge >= 0.3 is 0 Å². The molecule has 2 aliphatic rings. The number of aliphatic imine (C=N–C) groups is 1. The van der Waals surface area contributed by atoms with Crippen LogP contribution in [0.15, 0.2) is 89.6 Å². The highest BCUT2D eigenvalue weighted by atomic mass is 15.4. The Hall–Kier alpha value is -3.93. The summed E-state index contributed by atoms with van der Waals surface area (Å²) in [4.78, 5) is 9.07. The first-order chi connectivity index (χ1) is 14.8. The minimum atomic E-state index is 0.207. The molecule has 6 nitrogen and oxygen atoms in total. The van der Waals surface area contributed by atoms with Crippen molar-refractivity contribution in [2.24, 2.45) is 10.9 Å². The number of nitrogens with zero attached hydrogens (tertiary/aromatic N) is 6. The Labute approximate surface area is 173 Å². The normalized spacial score (nSPS) is 19.9. The molecule has 0 amide bonds. The molecule has 0 radical (unpaired) electrons. The van der Waals surface area contributed by atoms with Gasteiger partial charge in [0.05, 0.1) is 17.3 Å². The van der Waals surface area contributed by atoms with Crippen LogP contribution in [0.1, 0.15) is 5.82 Å². The molecule has 6 rings (SSSR count). The zero-order valence-corrected chi connectivity index (χ0v) is 16.1. The molecule has 0 N–H and O–H groups in total. The average Bonchev–Trinajstić information content (AvgIpc) is 3.20. The van der Waals surface area contributed by atoms with Gasteiger partial charge in [-0.3, -0.25) is 9.98 Å². The van der Waals surface area contributed by atoms with Crippen LogP contribution in [0.3, 0.4) is 0 Å². The van der Waals surface area contributed by atoms with Crippen LogP contribution in [-0.2, 0) is 6.42 Å². The standard InChI is InChI=1S/C24H18N6/c1-2-6-20-18(4-1)14-19(15-26-20)22-9-10-23-27-28-24(30(23)29-22)13-16-7-8-21-17(12-16)5-3-11-25-21/h1-12,14-15,17,21H,13H2. The summed E-state index contributed by atoms with van der Waals surface area (Å²) in [5.41, 5.74) is 4.73. The van der Waals surface area contributed by atoms with Crippen LogP contribution in [0, 0.1) is 5.92 Å². The minimum absolute atomic E-state index is 0.207. The molecule has 3 aromatic heterocycles. The minimum Gasteiger partial charge on any atom is -0.285 e. The zero-order valence-electron chi connectivity index (χ0n) is 16.1. The molecule has 0 saturated heterocycles. The van der Waals surface area contributed by atoms with Crippen molar-refractivity contribution in [1.82, 2.24) is 24.8 Å². The van der Waals surface area contributed by atoms with Crippen molar-refractivity contribution in [2.45, 2.75) is 12.5 Å². The van der Waals surface area contributed by atoms with Gasteiger partial charge < -0.3 is 0 Å². The lowest BCUT2D eigenvalue weighted by Gasteiger charge is -2.22. The summed E-state index contributed by atoms with van der Waals surface area (Å²) < 4.78 is 1.83. The predicted molar refractivity (Wildman–Crippen MR) is 117 cm³/mol. The third kappa shape index (κ3) is 2.93. The number of allylic oxidation sites excluding steroid dienone is 3. The molecule has 1 aromatic carbocycles. The lowest BCUT2D eigenvalue weighted by Crippen LogP contribution is -2.18. The van der Waals surface area contributed by atoms with E-state index in [9.17, 15) is 0 Å². The highest BCUT2D eigenvalue weighted by molar-refractivity contribution is 5.82. The summed E-state index contributed by atoms with van der Waals surface area (Å²) in [7, 11) is 0. The molecule has 0 bridgehead atoms. The highest BCUT2D eigenvalue weighted by Gasteiger charge is 2.20. The van der Waals surface area contributed by atoms with Crippen LogP contribution in [0.25, 0.3) is 27.8 Å². The van der Waals surface area contributed by atoms with E-state index >= 15 is 0 Å². The molecule has 0 spiro atoms. The quantitative estimate of drug-likeness (QED) is 0.530. The topological polar surface area (TPSA) is 68.3 Å². The van der Waals surface area contributed by atoms with Gasteiger partial charge in [0.2, 0.25) is 0 Å². The molecule has 4 aromatic rings. The first kappa shape index (κ1) is 17.0. The summed E-state index contributed by atoms with van der Waals surface area (Å²) in [5.74, 6) is 1.12. The van der Waals surface area contributed by atoms with Gasteiger partial charge in [-0.1, -0.05) is 42.5 Å². The summed E-state index contributed by atoms with van der Waals surface area (Å²) in [6, 6.07) is 14.3. The molecule has 2 atom stereocenters. The molecule has 0 fully saturated rings. The van der Waals surface area contributed by atoms with Crippen molar-refractivity contribution in [3.05, 3.63) is 90.4 Å². The molecule has 6 heteroatoms. The summed E-state index contributed by atoms with van der Waals surface area (Å²) >= 11 is 0. The SMILES string of the molecule is C1=CC2C=C(Cc3nnc4ccc(-c5cnc6ccccc6c5)nn34)C=CC2N=C1. The molecule has 4 heterocycles. The van der Waals surface area contributed by atoms with Crippen molar-refractivity contribution in [3.63, 3.8) is 0 Å². The maximum atomic E-state index is 4.82. The van der Waals surface area contributed by atoms with Gasteiger partial charge in [0.1, 0.15) is 0 Å². The van der Waals surface area contributed by atoms with Crippen molar-refractivity contribution < 1.29 is 0 Å². The Morgan fingerprint density at radius 3 is 2.97 bits per heavy atom. The van der Waals surface area contributed by atoms with E-state index in [1.54, 1.807) is 0 Å². The van der Waals surface area contributed by atoms with Gasteiger partial charge in [0, 0.05) is 35.7 Å². The maximum Gasteiger partial charge on any atom is 0.177 e. The highest BCUT2D eigenvalue weighted by Crippen LogP contribution is 2.25. The Morgan fingerprint density at radius 2 is 1.97 bits per heavy atom. The average molecular weight is 390 g/mol. The van der Waals surface area contributed by atoms with Crippen LogP contribution in [0.2, 0.25) is 0 Å². The second-order valence-corrected chi connectivity index (χ2v) is 7.55. The van der Waals surface area contributed by atoms with E-state index in [1.165, 1.54) is 5.57 Å². The monoisotopic (exact) mass is 390 g/mol. The van der Waals surface area contributed by atoms with E-state index in [0.29, 0.717) is 12.3 Å². The fourth-order valence-electron chi connectivity index (χ4n) is 4.01. The fraction of sp³-hybridized carbons (Fsp3) is 0.125. The molecule has 1 aliphatic heterocycles. The third-order valence-electron chi connectivity index (χ3n) is 5.56. The number of benzene rings is 1. The molecule has 2 unspecified atom stereocenters. The molecule has 1 aliphatic carbocycles. The summed E-state index contributed by atoms with van der Waals surface area (Å²) in [6.07, 6.45) is 15.1. The zero-order chi connectivity index (χ0) is 19.9. The van der Waals surface area contributed by atoms with Gasteiger partial charge in [-0.15, -0.1) is 10.2 Å². The van der Waals surface area contributed by atoms with E-state index in [0.717, 1.165) is 33.6 Å². The van der Waals surface area contributed by atoms with Gasteiger partial charge in [-0.2, -0.15) is 9.61 Å². The number of dihydropyridines is 1. The lowest BCUT2D eigenvalue weighted by molar-refractivity contribution is 0.672. The number of pyridine rings is 1. The van der Waals surface area contributed by atoms with Crippen molar-refractivity contribution in [3.8, 4) is 11.3 Å². The largest absolute Gasteiger partial charge is 0.285 e. The van der Waals surface area contributed by atoms with Crippen molar-refractivity contribution in [2.75, 3.05) is 0 Å². The van der Waals surface area contributed by atoms with Crippen LogP contribution in [0.5, 0.6) is 0 Å². The molecule has 30 heavy (non-hydrogen) atoms. The predicted octanol–water partition coefficient (Wildman–Crippen LogP) is 4.00. The van der Waals surface area contributed by atoms with E-state index in [1.807, 2.05) is 53.3 Å². The second kappa shape index (κ2) is 6.84. The van der Waals surface area contributed by atoms with E-state index in [4.69, 9.17) is 5.10 Å². The number of hydrogen-bond donors (Lipinski definition) is 0. The summed E-state index contributed by atoms with van der Waals surface area (Å²) in [6.45, 7) is 0. The molecular formula is C24H18N6. The van der Waals surface area contributed by atoms with Gasteiger partial charge in [0.15, 0.2) is 11.5 Å². The Balaban J connectivity index is 1.35. The van der Waals surface area contributed by atoms with Crippen LogP contribution >= 0.6 is 0 Å². The lowest BCUT2D eigenvalue weighted by atomic mass is 9.89. The van der Waals surface area contributed by atoms with Gasteiger partial charge in [0.25, 0.3) is 0 Å². The van der Waals surface area contributed by atoms with Crippen molar-refractivity contribution >= 4 is 22.8 Å². The number of aromatic nitrogens is 5. The van der Waals surface area contributed by atoms with E-state index in [2.05, 4.69) is 56.6 Å². The number of para-hydroxylation sites is 1. The van der Waals surface area contributed by atoms with Crippen LogP contribution < -0.4 is 0 Å². The molecular weight excluding hydrogens is 372 g/mol. The smallest absolute Gasteiger partial charge is 0.177 e. The Kier molecular flexibility index (Phi) is 3.87. The number of fused-ring (bicyclic) bond motifs is 3. The first-order valence-corrected chi connectivity index (χ1v) is 9.99.